The van der Waals surface area contributed by atoms with E-state index in [0.717, 1.165) is 31.6 Å². The van der Waals surface area contributed by atoms with E-state index in [0.29, 0.717) is 10.9 Å². The predicted molar refractivity (Wildman–Crippen MR) is 71.2 cm³/mol. The Balaban J connectivity index is 1.82. The Labute approximate surface area is 116 Å². The van der Waals surface area contributed by atoms with Crippen LogP contribution in [0.5, 0.6) is 0 Å². The number of likely N-dealkylation sites (tertiary alicyclic amines) is 1. The molecular weight excluding hydrogens is 296 g/mol. The molecule has 9 heteroatoms. The van der Waals surface area contributed by atoms with Gasteiger partial charge in [-0.15, -0.1) is 5.10 Å². The second-order valence-electron chi connectivity index (χ2n) is 4.43. The Bertz CT molecular complexity index is 496. The molecule has 1 aliphatic heterocycles. The number of aromatic nitrogens is 2. The van der Waals surface area contributed by atoms with Gasteiger partial charge in [-0.25, -0.2) is 13.1 Å². The highest BCUT2D eigenvalue weighted by atomic mass is 35.5. The summed E-state index contributed by atoms with van der Waals surface area (Å²) < 4.78 is 29.3. The molecule has 0 aromatic carbocycles. The lowest BCUT2D eigenvalue weighted by atomic mass is 10.1. The minimum atomic E-state index is -3.11. The zero-order valence-corrected chi connectivity index (χ0v) is 12.4. The first-order valence-electron chi connectivity index (χ1n) is 5.60. The summed E-state index contributed by atoms with van der Waals surface area (Å²) in [5.41, 5.74) is 0.802. The summed E-state index contributed by atoms with van der Waals surface area (Å²) >= 11 is 7.14. The Hall–Kier alpha value is -0.280. The van der Waals surface area contributed by atoms with Crippen molar-refractivity contribution in [3.05, 3.63) is 10.0 Å². The minimum absolute atomic E-state index is 0.0419. The van der Waals surface area contributed by atoms with Crippen LogP contribution in [0.15, 0.2) is 0 Å². The van der Waals surface area contributed by atoms with Crippen LogP contribution in [-0.2, 0) is 16.6 Å². The van der Waals surface area contributed by atoms with Gasteiger partial charge in [0, 0.05) is 37.2 Å². The van der Waals surface area contributed by atoms with E-state index in [2.05, 4.69) is 19.2 Å². The Morgan fingerprint density at radius 1 is 1.50 bits per heavy atom. The van der Waals surface area contributed by atoms with Gasteiger partial charge in [-0.2, -0.15) is 0 Å². The molecule has 0 amide bonds. The van der Waals surface area contributed by atoms with Gasteiger partial charge in [-0.1, -0.05) is 16.1 Å². The van der Waals surface area contributed by atoms with Gasteiger partial charge in [0.2, 0.25) is 10.0 Å². The molecule has 0 radical (unpaired) electrons. The van der Waals surface area contributed by atoms with E-state index >= 15 is 0 Å². The van der Waals surface area contributed by atoms with E-state index in [-0.39, 0.29) is 6.04 Å². The first-order valence-corrected chi connectivity index (χ1v) is 8.65. The fourth-order valence-corrected chi connectivity index (χ4v) is 3.47. The second kappa shape index (κ2) is 5.79. The molecule has 2 heterocycles. The zero-order valence-electron chi connectivity index (χ0n) is 9.97. The lowest BCUT2D eigenvalue weighted by Gasteiger charge is -2.31. The number of halogens is 1. The molecule has 0 bridgehead atoms. The summed E-state index contributed by atoms with van der Waals surface area (Å²) in [6, 6.07) is 0.0419. The van der Waals surface area contributed by atoms with Crippen LogP contribution in [0.25, 0.3) is 0 Å². The minimum Gasteiger partial charge on any atom is -0.297 e. The highest BCUT2D eigenvalue weighted by molar-refractivity contribution is 7.88. The topological polar surface area (TPSA) is 75.2 Å². The molecule has 0 unspecified atom stereocenters. The Morgan fingerprint density at radius 2 is 2.17 bits per heavy atom. The van der Waals surface area contributed by atoms with E-state index in [1.54, 1.807) is 0 Å². The van der Waals surface area contributed by atoms with E-state index in [4.69, 9.17) is 11.6 Å². The molecule has 6 nitrogen and oxygen atoms in total. The monoisotopic (exact) mass is 310 g/mol. The van der Waals surface area contributed by atoms with E-state index in [1.165, 1.54) is 17.8 Å². The van der Waals surface area contributed by atoms with Crippen LogP contribution in [0, 0.1) is 0 Å². The molecule has 0 saturated carbocycles. The fraction of sp³-hybridized carbons (Fsp3) is 0.778. The maximum Gasteiger partial charge on any atom is 0.208 e. The summed E-state index contributed by atoms with van der Waals surface area (Å²) in [5.74, 6) is 0. The smallest absolute Gasteiger partial charge is 0.208 e. The summed E-state index contributed by atoms with van der Waals surface area (Å²) in [7, 11) is -3.11. The molecule has 1 aromatic heterocycles. The average Bonchev–Trinajstić information content (AvgIpc) is 2.65. The quantitative estimate of drug-likeness (QED) is 0.886. The van der Waals surface area contributed by atoms with Crippen LogP contribution < -0.4 is 4.72 Å². The molecule has 1 aromatic rings. The number of rotatable bonds is 4. The largest absolute Gasteiger partial charge is 0.297 e. The highest BCUT2D eigenvalue weighted by Gasteiger charge is 2.22. The Kier molecular flexibility index (Phi) is 4.54. The third-order valence-electron chi connectivity index (χ3n) is 2.85. The maximum absolute atomic E-state index is 11.1. The number of hydrogen-bond donors (Lipinski definition) is 1. The lowest BCUT2D eigenvalue weighted by molar-refractivity contribution is 0.198. The number of nitrogens with zero attached hydrogens (tertiary/aromatic N) is 3. The van der Waals surface area contributed by atoms with Gasteiger partial charge in [-0.05, 0) is 12.8 Å². The van der Waals surface area contributed by atoms with Gasteiger partial charge in [0.25, 0.3) is 0 Å². The lowest BCUT2D eigenvalue weighted by Crippen LogP contribution is -2.44. The van der Waals surface area contributed by atoms with Crippen molar-refractivity contribution in [1.29, 1.82) is 0 Å². The molecule has 0 atom stereocenters. The van der Waals surface area contributed by atoms with Crippen molar-refractivity contribution in [3.63, 3.8) is 0 Å². The number of nitrogens with one attached hydrogen (secondary N) is 1. The molecule has 1 saturated heterocycles. The van der Waals surface area contributed by atoms with Gasteiger partial charge < -0.3 is 0 Å². The van der Waals surface area contributed by atoms with Crippen LogP contribution in [0.3, 0.4) is 0 Å². The summed E-state index contributed by atoms with van der Waals surface area (Å²) in [6.45, 7) is 2.35. The molecule has 1 aliphatic rings. The average molecular weight is 311 g/mol. The molecule has 102 valence electrons. The molecular formula is C9H15ClN4O2S2. The van der Waals surface area contributed by atoms with Gasteiger partial charge in [0.1, 0.15) is 10.0 Å². The van der Waals surface area contributed by atoms with Crippen molar-refractivity contribution >= 4 is 33.2 Å². The summed E-state index contributed by atoms with van der Waals surface area (Å²) in [6.07, 6.45) is 2.81. The number of sulfonamides is 1. The molecule has 0 spiro atoms. The fourth-order valence-electron chi connectivity index (χ4n) is 2.01. The third-order valence-corrected chi connectivity index (χ3v) is 4.60. The van der Waals surface area contributed by atoms with Crippen molar-refractivity contribution in [3.8, 4) is 0 Å². The summed E-state index contributed by atoms with van der Waals surface area (Å²) in [4.78, 5) is 2.21. The van der Waals surface area contributed by atoms with Gasteiger partial charge in [-0.3, -0.25) is 4.90 Å². The first kappa shape index (κ1) is 14.1. The van der Waals surface area contributed by atoms with E-state index < -0.39 is 10.0 Å². The van der Waals surface area contributed by atoms with E-state index in [9.17, 15) is 8.42 Å². The van der Waals surface area contributed by atoms with Crippen LogP contribution in [0.1, 0.15) is 18.5 Å². The van der Waals surface area contributed by atoms with Crippen molar-refractivity contribution in [2.75, 3.05) is 19.3 Å². The third kappa shape index (κ3) is 4.13. The number of piperidine rings is 1. The summed E-state index contributed by atoms with van der Waals surface area (Å²) in [5, 5.41) is 3.97. The SMILES string of the molecule is CS(=O)(=O)NC1CCN(Cc2nnsc2Cl)CC1. The molecule has 2 rings (SSSR count). The van der Waals surface area contributed by atoms with Crippen molar-refractivity contribution < 1.29 is 8.42 Å². The standard InChI is InChI=1S/C9H15ClN4O2S2/c1-18(15,16)12-7-2-4-14(5-3-7)6-8-9(10)17-13-11-8/h7,12H,2-6H2,1H3. The van der Waals surface area contributed by atoms with Crippen molar-refractivity contribution in [1.82, 2.24) is 19.2 Å². The Morgan fingerprint density at radius 3 is 2.67 bits per heavy atom. The second-order valence-corrected chi connectivity index (χ2v) is 7.57. The zero-order chi connectivity index (χ0) is 13.2. The van der Waals surface area contributed by atoms with E-state index in [1.807, 2.05) is 0 Å². The first-order chi connectivity index (χ1) is 8.44. The highest BCUT2D eigenvalue weighted by Crippen LogP contribution is 2.20. The van der Waals surface area contributed by atoms with Gasteiger partial charge in [0.05, 0.1) is 6.26 Å². The molecule has 1 N–H and O–H groups in total. The normalized spacial score (nSPS) is 19.2. The molecule has 0 aliphatic carbocycles. The maximum atomic E-state index is 11.1. The van der Waals surface area contributed by atoms with Crippen LogP contribution in [-0.4, -0.2) is 48.3 Å². The number of hydrogen-bond acceptors (Lipinski definition) is 6. The van der Waals surface area contributed by atoms with Gasteiger partial charge in [0.15, 0.2) is 0 Å². The van der Waals surface area contributed by atoms with Crippen LogP contribution in [0.4, 0.5) is 0 Å². The predicted octanol–water partition coefficient (Wildman–Crippen LogP) is 0.705. The molecule has 18 heavy (non-hydrogen) atoms. The van der Waals surface area contributed by atoms with Crippen LogP contribution >= 0.6 is 23.1 Å². The van der Waals surface area contributed by atoms with Gasteiger partial charge >= 0.3 is 0 Å². The van der Waals surface area contributed by atoms with Crippen molar-refractivity contribution in [2.45, 2.75) is 25.4 Å². The molecule has 1 fully saturated rings. The van der Waals surface area contributed by atoms with Crippen LogP contribution in [0.2, 0.25) is 4.34 Å². The van der Waals surface area contributed by atoms with Crippen molar-refractivity contribution in [2.24, 2.45) is 0 Å².